The predicted molar refractivity (Wildman–Crippen MR) is 96.7 cm³/mol. The fraction of sp³-hybridized carbons (Fsp3) is 0.368. The number of amides is 1. The normalized spacial score (nSPS) is 11.8. The number of ether oxygens (including phenoxy) is 1. The van der Waals surface area contributed by atoms with Gasteiger partial charge in [-0.2, -0.15) is 0 Å². The highest BCUT2D eigenvalue weighted by atomic mass is 32.1. The third-order valence-corrected chi connectivity index (χ3v) is 5.31. The van der Waals surface area contributed by atoms with E-state index in [0.29, 0.717) is 30.0 Å². The SMILES string of the molecule is CCCCC(=O)Nc1sc2c(c1C(=O)OCC)Cc1ccccc1-2. The van der Waals surface area contributed by atoms with E-state index in [0.717, 1.165) is 28.8 Å². The number of esters is 1. The molecule has 0 saturated carbocycles. The van der Waals surface area contributed by atoms with Crippen LogP contribution in [0.1, 0.15) is 54.6 Å². The molecule has 0 saturated heterocycles. The summed E-state index contributed by atoms with van der Waals surface area (Å²) in [6.07, 6.45) is 2.99. The topological polar surface area (TPSA) is 55.4 Å². The zero-order chi connectivity index (χ0) is 17.1. The molecule has 5 heteroatoms. The Morgan fingerprint density at radius 2 is 2.04 bits per heavy atom. The van der Waals surface area contributed by atoms with Gasteiger partial charge in [-0.15, -0.1) is 11.3 Å². The van der Waals surface area contributed by atoms with E-state index < -0.39 is 0 Å². The number of unbranched alkanes of at least 4 members (excludes halogenated alkanes) is 1. The second kappa shape index (κ2) is 7.18. The zero-order valence-electron chi connectivity index (χ0n) is 14.0. The fourth-order valence-corrected chi connectivity index (χ4v) is 4.26. The van der Waals surface area contributed by atoms with Crippen LogP contribution in [0.4, 0.5) is 5.00 Å². The Morgan fingerprint density at radius 1 is 1.25 bits per heavy atom. The lowest BCUT2D eigenvalue weighted by Gasteiger charge is -2.08. The quantitative estimate of drug-likeness (QED) is 0.664. The minimum absolute atomic E-state index is 0.0457. The number of carbonyl (C=O) groups is 2. The van der Waals surface area contributed by atoms with Gasteiger partial charge in [-0.05, 0) is 30.0 Å². The molecule has 1 heterocycles. The van der Waals surface area contributed by atoms with Crippen molar-refractivity contribution in [3.63, 3.8) is 0 Å². The van der Waals surface area contributed by atoms with Crippen molar-refractivity contribution in [2.45, 2.75) is 39.5 Å². The molecular formula is C19H21NO3S. The van der Waals surface area contributed by atoms with Crippen LogP contribution in [0.5, 0.6) is 0 Å². The molecule has 1 amide bonds. The summed E-state index contributed by atoms with van der Waals surface area (Å²) in [6.45, 7) is 4.16. The van der Waals surface area contributed by atoms with Crippen LogP contribution >= 0.6 is 11.3 Å². The predicted octanol–water partition coefficient (Wildman–Crippen LogP) is 4.62. The smallest absolute Gasteiger partial charge is 0.341 e. The lowest BCUT2D eigenvalue weighted by Crippen LogP contribution is -2.14. The number of hydrogen-bond acceptors (Lipinski definition) is 4. The molecule has 1 aliphatic carbocycles. The number of carbonyl (C=O) groups excluding carboxylic acids is 2. The first-order chi connectivity index (χ1) is 11.7. The summed E-state index contributed by atoms with van der Waals surface area (Å²) in [7, 11) is 0. The van der Waals surface area contributed by atoms with Gasteiger partial charge in [-0.3, -0.25) is 4.79 Å². The van der Waals surface area contributed by atoms with Crippen LogP contribution in [-0.2, 0) is 16.0 Å². The van der Waals surface area contributed by atoms with Crippen molar-refractivity contribution >= 4 is 28.2 Å². The summed E-state index contributed by atoms with van der Waals surface area (Å²) in [5, 5.41) is 3.54. The van der Waals surface area contributed by atoms with E-state index >= 15 is 0 Å². The van der Waals surface area contributed by atoms with Gasteiger partial charge in [0.2, 0.25) is 5.91 Å². The molecular weight excluding hydrogens is 322 g/mol. The van der Waals surface area contributed by atoms with E-state index in [-0.39, 0.29) is 11.9 Å². The summed E-state index contributed by atoms with van der Waals surface area (Å²) < 4.78 is 5.23. The second-order valence-electron chi connectivity index (χ2n) is 5.82. The molecule has 2 aromatic rings. The first-order valence-electron chi connectivity index (χ1n) is 8.36. The van der Waals surface area contributed by atoms with E-state index in [4.69, 9.17) is 4.74 Å². The van der Waals surface area contributed by atoms with E-state index in [9.17, 15) is 9.59 Å². The Labute approximate surface area is 145 Å². The highest BCUT2D eigenvalue weighted by Crippen LogP contribution is 2.47. The maximum absolute atomic E-state index is 12.5. The maximum atomic E-state index is 12.5. The van der Waals surface area contributed by atoms with Crippen LogP contribution in [0.25, 0.3) is 10.4 Å². The van der Waals surface area contributed by atoms with Crippen molar-refractivity contribution in [2.24, 2.45) is 0 Å². The van der Waals surface area contributed by atoms with Crippen LogP contribution < -0.4 is 5.32 Å². The molecule has 0 unspecified atom stereocenters. The van der Waals surface area contributed by atoms with Gasteiger partial charge in [0.25, 0.3) is 0 Å². The molecule has 0 spiro atoms. The van der Waals surface area contributed by atoms with E-state index in [1.54, 1.807) is 6.92 Å². The highest BCUT2D eigenvalue weighted by molar-refractivity contribution is 7.20. The average molecular weight is 343 g/mol. The van der Waals surface area contributed by atoms with E-state index in [1.807, 2.05) is 19.1 Å². The molecule has 1 aliphatic rings. The molecule has 4 nitrogen and oxygen atoms in total. The molecule has 126 valence electrons. The summed E-state index contributed by atoms with van der Waals surface area (Å²) in [6, 6.07) is 8.15. The number of anilines is 1. The molecule has 0 atom stereocenters. The number of nitrogens with one attached hydrogen (secondary N) is 1. The number of hydrogen-bond donors (Lipinski definition) is 1. The first-order valence-corrected chi connectivity index (χ1v) is 9.18. The van der Waals surface area contributed by atoms with Crippen molar-refractivity contribution in [3.05, 3.63) is 41.0 Å². The van der Waals surface area contributed by atoms with Crippen LogP contribution in [0.2, 0.25) is 0 Å². The summed E-state index contributed by atoms with van der Waals surface area (Å²) in [4.78, 5) is 25.7. The molecule has 24 heavy (non-hydrogen) atoms. The molecule has 1 aromatic carbocycles. The monoisotopic (exact) mass is 343 g/mol. The number of thiophene rings is 1. The summed E-state index contributed by atoms with van der Waals surface area (Å²) in [5.74, 6) is -0.399. The van der Waals surface area contributed by atoms with Gasteiger partial charge in [0.05, 0.1) is 12.2 Å². The Morgan fingerprint density at radius 3 is 2.79 bits per heavy atom. The summed E-state index contributed by atoms with van der Waals surface area (Å²) in [5.41, 5.74) is 3.87. The van der Waals surface area contributed by atoms with Crippen molar-refractivity contribution in [2.75, 3.05) is 11.9 Å². The Hall–Kier alpha value is -2.14. The average Bonchev–Trinajstić information content (AvgIpc) is 3.08. The third kappa shape index (κ3) is 3.08. The van der Waals surface area contributed by atoms with E-state index in [1.165, 1.54) is 16.9 Å². The van der Waals surface area contributed by atoms with Gasteiger partial charge in [0.15, 0.2) is 0 Å². The Kier molecular flexibility index (Phi) is 5.00. The minimum Gasteiger partial charge on any atom is -0.462 e. The van der Waals surface area contributed by atoms with E-state index in [2.05, 4.69) is 17.4 Å². The molecule has 1 aromatic heterocycles. The van der Waals surface area contributed by atoms with Crippen LogP contribution in [0.15, 0.2) is 24.3 Å². The lowest BCUT2D eigenvalue weighted by molar-refractivity contribution is -0.116. The molecule has 3 rings (SSSR count). The minimum atomic E-state index is -0.353. The van der Waals surface area contributed by atoms with Crippen molar-refractivity contribution in [1.82, 2.24) is 0 Å². The van der Waals surface area contributed by atoms with Gasteiger partial charge in [-0.25, -0.2) is 4.79 Å². The van der Waals surface area contributed by atoms with Gasteiger partial charge in [0, 0.05) is 17.7 Å². The first kappa shape index (κ1) is 16.7. The van der Waals surface area contributed by atoms with Crippen LogP contribution in [0.3, 0.4) is 0 Å². The van der Waals surface area contributed by atoms with Crippen molar-refractivity contribution in [3.8, 4) is 10.4 Å². The largest absolute Gasteiger partial charge is 0.462 e. The molecule has 0 bridgehead atoms. The Bertz CT molecular complexity index is 779. The summed E-state index contributed by atoms with van der Waals surface area (Å²) >= 11 is 1.47. The number of benzene rings is 1. The number of rotatable bonds is 6. The van der Waals surface area contributed by atoms with Gasteiger partial charge >= 0.3 is 5.97 Å². The fourth-order valence-electron chi connectivity index (χ4n) is 2.97. The number of fused-ring (bicyclic) bond motifs is 3. The molecule has 0 radical (unpaired) electrons. The molecule has 0 fully saturated rings. The van der Waals surface area contributed by atoms with Gasteiger partial charge in [-0.1, -0.05) is 37.6 Å². The standard InChI is InChI=1S/C19H21NO3S/c1-3-5-10-15(21)20-18-16(19(22)23-4-2)14-11-12-8-6-7-9-13(12)17(14)24-18/h6-9H,3-5,10-11H2,1-2H3,(H,20,21). The van der Waals surface area contributed by atoms with Crippen molar-refractivity contribution in [1.29, 1.82) is 0 Å². The van der Waals surface area contributed by atoms with Crippen LogP contribution in [0, 0.1) is 0 Å². The molecule has 1 N–H and O–H groups in total. The maximum Gasteiger partial charge on any atom is 0.341 e. The zero-order valence-corrected chi connectivity index (χ0v) is 14.8. The molecule has 0 aliphatic heterocycles. The second-order valence-corrected chi connectivity index (χ2v) is 6.84. The van der Waals surface area contributed by atoms with Gasteiger partial charge < -0.3 is 10.1 Å². The third-order valence-electron chi connectivity index (χ3n) is 4.13. The van der Waals surface area contributed by atoms with Crippen LogP contribution in [-0.4, -0.2) is 18.5 Å². The highest BCUT2D eigenvalue weighted by Gasteiger charge is 2.31. The lowest BCUT2D eigenvalue weighted by atomic mass is 10.1. The Balaban J connectivity index is 1.97. The van der Waals surface area contributed by atoms with Gasteiger partial charge in [0.1, 0.15) is 5.00 Å². The van der Waals surface area contributed by atoms with Crippen molar-refractivity contribution < 1.29 is 14.3 Å².